The Labute approximate surface area is 199 Å². The van der Waals surface area contributed by atoms with Gasteiger partial charge in [0.15, 0.2) is 14.1 Å². The molecule has 0 saturated carbocycles. The molecule has 1 rings (SSSR count). The molecular weight excluding hydrogens is 432 g/mol. The van der Waals surface area contributed by atoms with Crippen molar-refractivity contribution in [2.24, 2.45) is 0 Å². The first-order valence-electron chi connectivity index (χ1n) is 12.7. The minimum atomic E-state index is -1.77. The van der Waals surface area contributed by atoms with Gasteiger partial charge in [0.1, 0.15) is 0 Å². The molecule has 0 aromatic carbocycles. The number of hydrogen-bond acceptors (Lipinski definition) is 4. The van der Waals surface area contributed by atoms with E-state index in [1.807, 2.05) is 19.6 Å². The van der Waals surface area contributed by atoms with Gasteiger partial charge in [0.2, 0.25) is 8.32 Å². The molecule has 6 heteroatoms. The summed E-state index contributed by atoms with van der Waals surface area (Å²) in [5.74, 6) is 0.260. The van der Waals surface area contributed by atoms with E-state index in [1.54, 1.807) is 0 Å². The van der Waals surface area contributed by atoms with Crippen LogP contribution in [0.3, 0.4) is 0 Å². The van der Waals surface area contributed by atoms with Crippen LogP contribution in [0.25, 0.3) is 0 Å². The number of carbonyl (C=O) groups is 2. The molecule has 0 saturated heterocycles. The highest BCUT2D eigenvalue weighted by Gasteiger charge is 2.23. The van der Waals surface area contributed by atoms with Crippen LogP contribution in [0, 0.1) is 0 Å². The fourth-order valence-corrected chi connectivity index (χ4v) is 5.89. The van der Waals surface area contributed by atoms with E-state index < -0.39 is 16.6 Å². The van der Waals surface area contributed by atoms with Crippen LogP contribution < -0.4 is 0 Å². The van der Waals surface area contributed by atoms with Crippen molar-refractivity contribution in [2.75, 3.05) is 0 Å². The van der Waals surface area contributed by atoms with Crippen molar-refractivity contribution in [3.05, 3.63) is 23.3 Å². The Morgan fingerprint density at radius 1 is 0.938 bits per heavy atom. The van der Waals surface area contributed by atoms with Gasteiger partial charge >= 0.3 is 0 Å². The fourth-order valence-electron chi connectivity index (χ4n) is 4.00. The van der Waals surface area contributed by atoms with E-state index in [2.05, 4.69) is 38.7 Å². The summed E-state index contributed by atoms with van der Waals surface area (Å²) in [6, 6.07) is 0. The van der Waals surface area contributed by atoms with Crippen molar-refractivity contribution in [2.45, 2.75) is 129 Å². The molecule has 0 aliphatic heterocycles. The molecule has 1 atom stereocenters. The first kappa shape index (κ1) is 29.0. The molecule has 0 radical (unpaired) electrons. The average molecular weight is 481 g/mol. The third-order valence-corrected chi connectivity index (χ3v) is 7.28. The van der Waals surface area contributed by atoms with Crippen LogP contribution in [0.5, 0.6) is 0 Å². The summed E-state index contributed by atoms with van der Waals surface area (Å²) >= 11 is 0. The van der Waals surface area contributed by atoms with Crippen LogP contribution >= 0.6 is 0 Å². The lowest BCUT2D eigenvalue weighted by Gasteiger charge is -2.24. The Bertz CT molecular complexity index is 654. The molecule has 0 N–H and O–H groups in total. The molecule has 0 aromatic heterocycles. The fraction of sp³-hybridized carbons (Fsp3) is 0.769. The number of Topliss-reactive ketones (excluding diaryl/α,β-unsaturated/α-hetero) is 1. The largest absolute Gasteiger partial charge is 0.520 e. The van der Waals surface area contributed by atoms with Crippen molar-refractivity contribution < 1.29 is 18.4 Å². The Kier molecular flexibility index (Phi) is 13.0. The van der Waals surface area contributed by atoms with Crippen LogP contribution in [0.1, 0.15) is 84.0 Å². The van der Waals surface area contributed by atoms with Crippen molar-refractivity contribution in [3.63, 3.8) is 0 Å². The van der Waals surface area contributed by atoms with Gasteiger partial charge in [-0.05, 0) is 82.5 Å². The summed E-state index contributed by atoms with van der Waals surface area (Å²) in [6.07, 6.45) is 16.1. The van der Waals surface area contributed by atoms with Gasteiger partial charge in [-0.15, -0.1) is 0 Å². The maximum atomic E-state index is 12.4. The van der Waals surface area contributed by atoms with E-state index in [4.69, 9.17) is 8.85 Å². The molecule has 184 valence electrons. The van der Waals surface area contributed by atoms with Gasteiger partial charge in [-0.25, -0.2) is 0 Å². The lowest BCUT2D eigenvalue weighted by molar-refractivity contribution is -0.135. The van der Waals surface area contributed by atoms with E-state index >= 15 is 0 Å². The van der Waals surface area contributed by atoms with E-state index in [0.717, 1.165) is 50.5 Å². The number of allylic oxidation sites excluding steroid dienone is 3. The quantitative estimate of drug-likeness (QED) is 0.167. The second kappa shape index (κ2) is 14.3. The number of rotatable bonds is 16. The van der Waals surface area contributed by atoms with Crippen LogP contribution in [0.15, 0.2) is 23.3 Å². The predicted molar refractivity (Wildman–Crippen MR) is 140 cm³/mol. The highest BCUT2D eigenvalue weighted by molar-refractivity contribution is 6.71. The minimum absolute atomic E-state index is 0.0562. The molecule has 32 heavy (non-hydrogen) atoms. The zero-order valence-corrected chi connectivity index (χ0v) is 23.9. The molecule has 0 spiro atoms. The molecule has 0 aromatic rings. The lowest BCUT2D eigenvalue weighted by atomic mass is 10.0. The second-order valence-corrected chi connectivity index (χ2v) is 19.9. The van der Waals surface area contributed by atoms with Gasteiger partial charge in [0, 0.05) is 12.8 Å². The van der Waals surface area contributed by atoms with E-state index in [-0.39, 0.29) is 12.1 Å². The molecule has 1 aliphatic rings. The summed E-state index contributed by atoms with van der Waals surface area (Å²) in [5, 5.41) is 0. The van der Waals surface area contributed by atoms with Crippen LogP contribution in [-0.2, 0) is 18.4 Å². The predicted octanol–water partition coefficient (Wildman–Crippen LogP) is 7.72. The topological polar surface area (TPSA) is 52.6 Å². The van der Waals surface area contributed by atoms with Crippen molar-refractivity contribution in [1.29, 1.82) is 0 Å². The molecule has 4 nitrogen and oxygen atoms in total. The Morgan fingerprint density at radius 2 is 1.62 bits per heavy atom. The second-order valence-electron chi connectivity index (χ2n) is 11.1. The zero-order chi connectivity index (χ0) is 24.2. The molecule has 0 bridgehead atoms. The Morgan fingerprint density at radius 3 is 2.25 bits per heavy atom. The normalized spacial score (nSPS) is 16.3. The van der Waals surface area contributed by atoms with E-state index in [0.29, 0.717) is 18.6 Å². The number of carbonyl (C=O) groups excluding carboxylic acids is 2. The number of hydrogen-bond donors (Lipinski definition) is 0. The van der Waals surface area contributed by atoms with Crippen LogP contribution in [0.4, 0.5) is 0 Å². The Hall–Kier alpha value is -0.986. The van der Waals surface area contributed by atoms with E-state index in [9.17, 15) is 9.59 Å². The first-order valence-corrected chi connectivity index (χ1v) is 19.6. The summed E-state index contributed by atoms with van der Waals surface area (Å²) < 4.78 is 11.9. The van der Waals surface area contributed by atoms with Crippen LogP contribution in [-0.4, -0.2) is 34.5 Å². The van der Waals surface area contributed by atoms with Gasteiger partial charge in [-0.1, -0.05) is 51.2 Å². The zero-order valence-electron chi connectivity index (χ0n) is 21.9. The van der Waals surface area contributed by atoms with Gasteiger partial charge in [-0.2, -0.15) is 0 Å². The number of ketones is 1. The molecule has 0 heterocycles. The highest BCUT2D eigenvalue weighted by Crippen LogP contribution is 2.29. The molecule has 1 aliphatic carbocycles. The molecule has 0 fully saturated rings. The van der Waals surface area contributed by atoms with Gasteiger partial charge in [-0.3, -0.25) is 9.59 Å². The summed E-state index contributed by atoms with van der Waals surface area (Å²) in [5.41, 5.74) is 2.24. The van der Waals surface area contributed by atoms with Crippen molar-refractivity contribution in [1.82, 2.24) is 0 Å². The minimum Gasteiger partial charge on any atom is -0.520 e. The van der Waals surface area contributed by atoms with Gasteiger partial charge in [0.05, 0.1) is 6.10 Å². The molecule has 0 amide bonds. The maximum Gasteiger partial charge on any atom is 0.292 e. The highest BCUT2D eigenvalue weighted by atomic mass is 28.4. The van der Waals surface area contributed by atoms with Crippen LogP contribution in [0.2, 0.25) is 39.3 Å². The van der Waals surface area contributed by atoms with Crippen molar-refractivity contribution >= 4 is 28.4 Å². The third kappa shape index (κ3) is 13.5. The SMILES string of the molecule is CCCCCC(/C=C/C1=C(CCCCCCC(=O)O[Si](C)(C)C)C(=O)CC1)O[Si](C)(C)C. The van der Waals surface area contributed by atoms with Crippen molar-refractivity contribution in [3.8, 4) is 0 Å². The summed E-state index contributed by atoms with van der Waals surface area (Å²) in [6.45, 7) is 15.0. The first-order chi connectivity index (χ1) is 14.9. The Balaban J connectivity index is 2.53. The standard InChI is InChI=1S/C26H48O4Si2/c1-8-9-12-15-23(29-31(2,3)4)20-18-22-19-21-25(27)24(22)16-13-10-11-14-17-26(28)30-32(5,6)7/h18,20,23H,8-17,19,21H2,1-7H3/b20-18+. The molecular formula is C26H48O4Si2. The summed E-state index contributed by atoms with van der Waals surface area (Å²) in [7, 11) is -3.38. The van der Waals surface area contributed by atoms with Gasteiger partial charge in [0.25, 0.3) is 5.97 Å². The van der Waals surface area contributed by atoms with Gasteiger partial charge < -0.3 is 8.85 Å². The lowest BCUT2D eigenvalue weighted by Crippen LogP contribution is -2.31. The smallest absolute Gasteiger partial charge is 0.292 e. The third-order valence-electron chi connectivity index (χ3n) is 5.43. The molecule has 1 unspecified atom stereocenters. The maximum absolute atomic E-state index is 12.4. The average Bonchev–Trinajstić information content (AvgIpc) is 3.00. The van der Waals surface area contributed by atoms with E-state index in [1.165, 1.54) is 24.8 Å². The number of unbranched alkanes of at least 4 members (excludes halogenated alkanes) is 5. The monoisotopic (exact) mass is 480 g/mol. The summed E-state index contributed by atoms with van der Waals surface area (Å²) in [4.78, 5) is 24.3.